The quantitative estimate of drug-likeness (QED) is 0.435. The maximum absolute atomic E-state index is 12.9. The van der Waals surface area contributed by atoms with Crippen molar-refractivity contribution in [3.05, 3.63) is 112 Å². The van der Waals surface area contributed by atoms with E-state index in [1.165, 1.54) is 18.2 Å². The van der Waals surface area contributed by atoms with E-state index >= 15 is 0 Å². The van der Waals surface area contributed by atoms with Crippen molar-refractivity contribution in [2.75, 3.05) is 0 Å². The van der Waals surface area contributed by atoms with Crippen molar-refractivity contribution in [1.29, 1.82) is 0 Å². The molecule has 0 aliphatic carbocycles. The van der Waals surface area contributed by atoms with E-state index in [2.05, 4.69) is 4.72 Å². The van der Waals surface area contributed by atoms with Crippen LogP contribution >= 0.6 is 0 Å². The molecule has 0 saturated carbocycles. The van der Waals surface area contributed by atoms with Crippen molar-refractivity contribution in [2.24, 2.45) is 5.73 Å². The van der Waals surface area contributed by atoms with Gasteiger partial charge in [-0.2, -0.15) is 0 Å². The second-order valence-corrected chi connectivity index (χ2v) is 8.38. The highest BCUT2D eigenvalue weighted by molar-refractivity contribution is 7.88. The fourth-order valence-corrected chi connectivity index (χ4v) is 4.46. The van der Waals surface area contributed by atoms with Crippen LogP contribution in [0.15, 0.2) is 84.9 Å². The van der Waals surface area contributed by atoms with Crippen molar-refractivity contribution < 1.29 is 13.3 Å². The summed E-state index contributed by atoms with van der Waals surface area (Å²) in [5.41, 5.74) is 8.11. The Morgan fingerprint density at radius 3 is 2.07 bits per heavy atom. The molecule has 7 nitrogen and oxygen atoms in total. The van der Waals surface area contributed by atoms with Gasteiger partial charge in [0.1, 0.15) is 0 Å². The average molecular weight is 411 g/mol. The van der Waals surface area contributed by atoms with Crippen LogP contribution in [0.3, 0.4) is 0 Å². The zero-order chi connectivity index (χ0) is 20.9. The zero-order valence-electron chi connectivity index (χ0n) is 15.5. The molecule has 0 heterocycles. The predicted molar refractivity (Wildman–Crippen MR) is 111 cm³/mol. The SMILES string of the molecule is NC(c1ccccc1)C(NS(=O)(=O)Cc1cccc([N+](=O)[O-])c1)c1ccccc1. The third kappa shape index (κ3) is 5.47. The highest BCUT2D eigenvalue weighted by atomic mass is 32.2. The van der Waals surface area contributed by atoms with E-state index in [1.807, 2.05) is 60.7 Å². The van der Waals surface area contributed by atoms with Crippen molar-refractivity contribution in [3.63, 3.8) is 0 Å². The fourth-order valence-electron chi connectivity index (χ4n) is 3.09. The number of nitrogens with two attached hydrogens (primary N) is 1. The largest absolute Gasteiger partial charge is 0.322 e. The number of nitrogens with one attached hydrogen (secondary N) is 1. The maximum atomic E-state index is 12.9. The Morgan fingerprint density at radius 1 is 0.897 bits per heavy atom. The molecule has 0 spiro atoms. The minimum atomic E-state index is -3.83. The van der Waals surface area contributed by atoms with E-state index in [0.29, 0.717) is 5.56 Å². The standard InChI is InChI=1S/C21H21N3O4S/c22-20(17-9-3-1-4-10-17)21(18-11-5-2-6-12-18)23-29(27,28)15-16-8-7-13-19(14-16)24(25)26/h1-14,20-21,23H,15,22H2. The highest BCUT2D eigenvalue weighted by Gasteiger charge is 2.26. The smallest absolute Gasteiger partial charge is 0.269 e. The first-order valence-electron chi connectivity index (χ1n) is 8.94. The lowest BCUT2D eigenvalue weighted by molar-refractivity contribution is -0.384. The Kier molecular flexibility index (Phi) is 6.38. The normalized spacial score (nSPS) is 13.6. The Balaban J connectivity index is 1.88. The van der Waals surface area contributed by atoms with Crippen molar-refractivity contribution in [1.82, 2.24) is 4.72 Å². The topological polar surface area (TPSA) is 115 Å². The van der Waals surface area contributed by atoms with Crippen molar-refractivity contribution >= 4 is 15.7 Å². The first-order valence-corrected chi connectivity index (χ1v) is 10.6. The molecule has 0 aliphatic rings. The molecule has 2 atom stereocenters. The molecule has 0 amide bonds. The van der Waals surface area contributed by atoms with Gasteiger partial charge in [0.25, 0.3) is 5.69 Å². The Bertz CT molecular complexity index is 1070. The molecule has 3 N–H and O–H groups in total. The minimum absolute atomic E-state index is 0.154. The van der Waals surface area contributed by atoms with Gasteiger partial charge in [-0.1, -0.05) is 72.8 Å². The molecule has 0 aliphatic heterocycles. The summed E-state index contributed by atoms with van der Waals surface area (Å²) in [5, 5.41) is 11.0. The third-order valence-electron chi connectivity index (χ3n) is 4.49. The fraction of sp³-hybridized carbons (Fsp3) is 0.143. The summed E-state index contributed by atoms with van der Waals surface area (Å²) in [5.74, 6) is -0.389. The average Bonchev–Trinajstić information content (AvgIpc) is 2.72. The van der Waals surface area contributed by atoms with Gasteiger partial charge in [0.15, 0.2) is 0 Å². The molecule has 0 radical (unpaired) electrons. The zero-order valence-corrected chi connectivity index (χ0v) is 16.3. The third-order valence-corrected chi connectivity index (χ3v) is 5.81. The number of nitro benzene ring substituents is 1. The van der Waals surface area contributed by atoms with Gasteiger partial charge in [-0.05, 0) is 16.7 Å². The summed E-state index contributed by atoms with van der Waals surface area (Å²) in [6.45, 7) is 0. The number of hydrogen-bond acceptors (Lipinski definition) is 5. The lowest BCUT2D eigenvalue weighted by Gasteiger charge is -2.26. The van der Waals surface area contributed by atoms with Gasteiger partial charge in [-0.25, -0.2) is 13.1 Å². The summed E-state index contributed by atoms with van der Waals surface area (Å²) in [6, 6.07) is 22.6. The van der Waals surface area contributed by atoms with Gasteiger partial charge in [0.05, 0.1) is 22.8 Å². The number of benzene rings is 3. The van der Waals surface area contributed by atoms with E-state index in [9.17, 15) is 18.5 Å². The van der Waals surface area contributed by atoms with Crippen LogP contribution in [0.1, 0.15) is 28.8 Å². The molecule has 8 heteroatoms. The summed E-state index contributed by atoms with van der Waals surface area (Å²) in [6.07, 6.45) is 0. The molecule has 0 fully saturated rings. The molecule has 3 aromatic rings. The number of rotatable bonds is 8. The first-order chi connectivity index (χ1) is 13.9. The van der Waals surface area contributed by atoms with Crippen LogP contribution in [0.25, 0.3) is 0 Å². The number of nitrogens with zero attached hydrogens (tertiary/aromatic N) is 1. The first kappa shape index (κ1) is 20.7. The number of nitro groups is 1. The molecular formula is C21H21N3O4S. The Labute approximate surface area is 169 Å². The van der Waals surface area contributed by atoms with E-state index in [1.54, 1.807) is 6.07 Å². The van der Waals surface area contributed by atoms with Crippen LogP contribution in [0.4, 0.5) is 5.69 Å². The van der Waals surface area contributed by atoms with Gasteiger partial charge in [0.2, 0.25) is 10.0 Å². The number of non-ortho nitro benzene ring substituents is 1. The van der Waals surface area contributed by atoms with Gasteiger partial charge >= 0.3 is 0 Å². The summed E-state index contributed by atoms with van der Waals surface area (Å²) in [7, 11) is -3.83. The molecule has 3 aromatic carbocycles. The highest BCUT2D eigenvalue weighted by Crippen LogP contribution is 2.28. The van der Waals surface area contributed by atoms with Gasteiger partial charge in [-0.3, -0.25) is 10.1 Å². The van der Waals surface area contributed by atoms with Crippen molar-refractivity contribution in [2.45, 2.75) is 17.8 Å². The molecule has 150 valence electrons. The maximum Gasteiger partial charge on any atom is 0.269 e. The molecule has 0 bridgehead atoms. The summed E-state index contributed by atoms with van der Waals surface area (Å²) >= 11 is 0. The van der Waals surface area contributed by atoms with Crippen LogP contribution < -0.4 is 10.5 Å². The second kappa shape index (κ2) is 8.95. The molecular weight excluding hydrogens is 390 g/mol. The molecule has 3 rings (SSSR count). The van der Waals surface area contributed by atoms with E-state index in [-0.39, 0.29) is 11.4 Å². The van der Waals surface area contributed by atoms with Crippen LogP contribution in [0, 0.1) is 10.1 Å². The predicted octanol–water partition coefficient (Wildman–Crippen LogP) is 3.46. The van der Waals surface area contributed by atoms with E-state index < -0.39 is 27.0 Å². The summed E-state index contributed by atoms with van der Waals surface area (Å²) in [4.78, 5) is 10.4. The van der Waals surface area contributed by atoms with Crippen LogP contribution in [-0.4, -0.2) is 13.3 Å². The van der Waals surface area contributed by atoms with Gasteiger partial charge in [0, 0.05) is 12.1 Å². The molecule has 0 aromatic heterocycles. The van der Waals surface area contributed by atoms with Crippen molar-refractivity contribution in [3.8, 4) is 0 Å². The lowest BCUT2D eigenvalue weighted by atomic mass is 9.95. The number of sulfonamides is 1. The Hall–Kier alpha value is -3.07. The minimum Gasteiger partial charge on any atom is -0.322 e. The van der Waals surface area contributed by atoms with E-state index in [0.717, 1.165) is 11.1 Å². The number of hydrogen-bond donors (Lipinski definition) is 2. The summed E-state index contributed by atoms with van der Waals surface area (Å²) < 4.78 is 28.4. The second-order valence-electron chi connectivity index (χ2n) is 6.63. The lowest BCUT2D eigenvalue weighted by Crippen LogP contribution is -2.36. The monoisotopic (exact) mass is 411 g/mol. The Morgan fingerprint density at radius 2 is 1.48 bits per heavy atom. The molecule has 29 heavy (non-hydrogen) atoms. The van der Waals surface area contributed by atoms with Gasteiger partial charge in [-0.15, -0.1) is 0 Å². The van der Waals surface area contributed by atoms with Crippen LogP contribution in [-0.2, 0) is 15.8 Å². The van der Waals surface area contributed by atoms with Gasteiger partial charge < -0.3 is 5.73 Å². The van der Waals surface area contributed by atoms with E-state index in [4.69, 9.17) is 5.73 Å². The van der Waals surface area contributed by atoms with Crippen LogP contribution in [0.5, 0.6) is 0 Å². The molecule has 0 saturated heterocycles. The van der Waals surface area contributed by atoms with Crippen LogP contribution in [0.2, 0.25) is 0 Å². The molecule has 2 unspecified atom stereocenters.